The van der Waals surface area contributed by atoms with Crippen LogP contribution in [0.5, 0.6) is 5.88 Å². The van der Waals surface area contributed by atoms with E-state index in [9.17, 15) is 4.79 Å². The second kappa shape index (κ2) is 9.16. The Bertz CT molecular complexity index is 824. The van der Waals surface area contributed by atoms with E-state index in [0.717, 1.165) is 0 Å². The Morgan fingerprint density at radius 3 is 2.21 bits per heavy atom. The van der Waals surface area contributed by atoms with Crippen molar-refractivity contribution < 1.29 is 14.6 Å². The minimum Gasteiger partial charge on any atom is -0.478 e. The number of hydrogen-bond donors (Lipinski definition) is 1. The molecular weight excluding hydrogens is 390 g/mol. The van der Waals surface area contributed by atoms with Crippen LogP contribution in [-0.4, -0.2) is 31.9 Å². The molecule has 0 amide bonds. The topological polar surface area (TPSA) is 77.2 Å². The first-order valence-electron chi connectivity index (χ1n) is 10.7. The average Bonchev–Trinajstić information content (AvgIpc) is 3.22. The van der Waals surface area contributed by atoms with Gasteiger partial charge in [-0.25, -0.2) is 14.5 Å². The Labute approximate surface area is 176 Å². The Balaban J connectivity index is 1.52. The molecule has 2 fully saturated rings. The van der Waals surface area contributed by atoms with Crippen LogP contribution in [0.15, 0.2) is 24.4 Å². The average molecular weight is 418 g/mol. The van der Waals surface area contributed by atoms with Crippen LogP contribution >= 0.6 is 11.6 Å². The Hall–Kier alpha value is -2.08. The van der Waals surface area contributed by atoms with Crippen LogP contribution < -0.4 is 4.74 Å². The third-order valence-corrected chi connectivity index (χ3v) is 6.64. The number of halogens is 1. The first-order valence-corrected chi connectivity index (χ1v) is 11.1. The van der Waals surface area contributed by atoms with Gasteiger partial charge in [0, 0.05) is 12.3 Å². The molecule has 0 aliphatic heterocycles. The van der Waals surface area contributed by atoms with Crippen molar-refractivity contribution in [2.24, 2.45) is 11.8 Å². The lowest BCUT2D eigenvalue weighted by Gasteiger charge is -2.37. The fraction of sp³-hybridized carbons (Fsp3) is 0.591. The van der Waals surface area contributed by atoms with Crippen molar-refractivity contribution >= 4 is 17.6 Å². The number of aromatic carboxylic acids is 1. The SMILES string of the molecule is O=C(O)c1ccc(-n2ccc(OC(C3CCCCC3)C3CCCCC3)n2)nc1Cl. The standard InChI is InChI=1S/C22H28ClN3O3/c23-21-17(22(27)28)11-12-18(24-21)26-14-13-19(25-26)29-20(15-7-3-1-4-8-15)16-9-5-2-6-10-16/h11-16,20H,1-10H2,(H,27,28). The van der Waals surface area contributed by atoms with E-state index in [1.807, 2.05) is 6.07 Å². The lowest BCUT2D eigenvalue weighted by atomic mass is 9.75. The van der Waals surface area contributed by atoms with Crippen molar-refractivity contribution in [1.29, 1.82) is 0 Å². The molecule has 2 aliphatic rings. The largest absolute Gasteiger partial charge is 0.478 e. The van der Waals surface area contributed by atoms with Gasteiger partial charge in [0.1, 0.15) is 11.3 Å². The first-order chi connectivity index (χ1) is 14.1. The molecule has 4 rings (SSSR count). The van der Waals surface area contributed by atoms with Gasteiger partial charge in [0.15, 0.2) is 5.82 Å². The molecule has 2 saturated carbocycles. The van der Waals surface area contributed by atoms with Gasteiger partial charge in [-0.05, 0) is 49.7 Å². The van der Waals surface area contributed by atoms with E-state index in [4.69, 9.17) is 21.4 Å². The summed E-state index contributed by atoms with van der Waals surface area (Å²) in [5, 5.41) is 13.6. The Morgan fingerprint density at radius 1 is 1.03 bits per heavy atom. The van der Waals surface area contributed by atoms with E-state index in [-0.39, 0.29) is 16.8 Å². The number of carboxylic acids is 1. The van der Waals surface area contributed by atoms with E-state index in [1.165, 1.54) is 70.3 Å². The minimum absolute atomic E-state index is 0.0197. The number of aromatic nitrogens is 3. The molecular formula is C22H28ClN3O3. The summed E-state index contributed by atoms with van der Waals surface area (Å²) in [4.78, 5) is 15.3. The van der Waals surface area contributed by atoms with Crippen LogP contribution in [-0.2, 0) is 0 Å². The maximum Gasteiger partial charge on any atom is 0.338 e. The van der Waals surface area contributed by atoms with E-state index in [2.05, 4.69) is 10.1 Å². The fourth-order valence-corrected chi connectivity index (χ4v) is 5.08. The van der Waals surface area contributed by atoms with Crippen LogP contribution in [0.3, 0.4) is 0 Å². The van der Waals surface area contributed by atoms with Crippen molar-refractivity contribution in [3.05, 3.63) is 35.1 Å². The van der Waals surface area contributed by atoms with Gasteiger partial charge in [-0.15, -0.1) is 5.10 Å². The van der Waals surface area contributed by atoms with Gasteiger partial charge >= 0.3 is 5.97 Å². The van der Waals surface area contributed by atoms with Gasteiger partial charge < -0.3 is 9.84 Å². The number of carbonyl (C=O) groups is 1. The highest BCUT2D eigenvalue weighted by atomic mass is 35.5. The maximum atomic E-state index is 11.1. The summed E-state index contributed by atoms with van der Waals surface area (Å²) >= 11 is 6.00. The zero-order valence-corrected chi connectivity index (χ0v) is 17.4. The van der Waals surface area contributed by atoms with Gasteiger partial charge in [-0.3, -0.25) is 0 Å². The van der Waals surface area contributed by atoms with E-state index < -0.39 is 5.97 Å². The summed E-state index contributed by atoms with van der Waals surface area (Å²) in [5.74, 6) is 1.20. The summed E-state index contributed by atoms with van der Waals surface area (Å²) in [5.41, 5.74) is -0.0197. The van der Waals surface area contributed by atoms with Gasteiger partial charge in [0.05, 0.1) is 5.56 Å². The Kier molecular flexibility index (Phi) is 6.38. The molecule has 1 N–H and O–H groups in total. The lowest BCUT2D eigenvalue weighted by Crippen LogP contribution is -2.37. The monoisotopic (exact) mass is 417 g/mol. The third-order valence-electron chi connectivity index (χ3n) is 6.35. The molecule has 2 aromatic rings. The molecule has 6 nitrogen and oxygen atoms in total. The van der Waals surface area contributed by atoms with Crippen molar-refractivity contribution in [2.45, 2.75) is 70.3 Å². The maximum absolute atomic E-state index is 11.1. The van der Waals surface area contributed by atoms with Crippen molar-refractivity contribution in [3.63, 3.8) is 0 Å². The van der Waals surface area contributed by atoms with Gasteiger partial charge in [-0.1, -0.05) is 50.1 Å². The fourth-order valence-electron chi connectivity index (χ4n) is 4.85. The van der Waals surface area contributed by atoms with Crippen LogP contribution in [0.2, 0.25) is 5.15 Å². The summed E-state index contributed by atoms with van der Waals surface area (Å²) in [6.07, 6.45) is 14.8. The number of hydrogen-bond acceptors (Lipinski definition) is 4. The quantitative estimate of drug-likeness (QED) is 0.625. The zero-order valence-electron chi connectivity index (χ0n) is 16.6. The molecule has 0 spiro atoms. The molecule has 0 saturated heterocycles. The summed E-state index contributed by atoms with van der Waals surface area (Å²) in [6, 6.07) is 4.91. The molecule has 2 aliphatic carbocycles. The Morgan fingerprint density at radius 2 is 1.66 bits per heavy atom. The molecule has 156 valence electrons. The molecule has 0 bridgehead atoms. The molecule has 2 aromatic heterocycles. The van der Waals surface area contributed by atoms with Crippen molar-refractivity contribution in [3.8, 4) is 11.7 Å². The van der Waals surface area contributed by atoms with Gasteiger partial charge in [0.2, 0.25) is 5.88 Å². The number of pyridine rings is 1. The highest BCUT2D eigenvalue weighted by Crippen LogP contribution is 2.37. The van der Waals surface area contributed by atoms with Crippen molar-refractivity contribution in [1.82, 2.24) is 14.8 Å². The highest BCUT2D eigenvalue weighted by Gasteiger charge is 2.33. The second-order valence-corrected chi connectivity index (χ2v) is 8.65. The normalized spacial score (nSPS) is 18.8. The summed E-state index contributed by atoms with van der Waals surface area (Å²) in [6.45, 7) is 0. The predicted molar refractivity (Wildman–Crippen MR) is 111 cm³/mol. The predicted octanol–water partition coefficient (Wildman–Crippen LogP) is 5.53. The summed E-state index contributed by atoms with van der Waals surface area (Å²) in [7, 11) is 0. The molecule has 0 radical (unpaired) electrons. The van der Waals surface area contributed by atoms with Crippen LogP contribution in [0.25, 0.3) is 5.82 Å². The zero-order chi connectivity index (χ0) is 20.2. The molecule has 0 atom stereocenters. The van der Waals surface area contributed by atoms with Crippen molar-refractivity contribution in [2.75, 3.05) is 0 Å². The van der Waals surface area contributed by atoms with E-state index in [0.29, 0.717) is 23.5 Å². The molecule has 0 unspecified atom stereocenters. The second-order valence-electron chi connectivity index (χ2n) is 8.29. The van der Waals surface area contributed by atoms with Gasteiger partial charge in [-0.2, -0.15) is 0 Å². The van der Waals surface area contributed by atoms with E-state index in [1.54, 1.807) is 16.9 Å². The highest BCUT2D eigenvalue weighted by molar-refractivity contribution is 6.32. The summed E-state index contributed by atoms with van der Waals surface area (Å²) < 4.78 is 8.09. The molecule has 2 heterocycles. The number of nitrogens with zero attached hydrogens (tertiary/aromatic N) is 3. The minimum atomic E-state index is -1.10. The first kappa shape index (κ1) is 20.2. The molecule has 29 heavy (non-hydrogen) atoms. The molecule has 7 heteroatoms. The molecule has 0 aromatic carbocycles. The number of carboxylic acid groups (broad SMARTS) is 1. The lowest BCUT2D eigenvalue weighted by molar-refractivity contribution is 0.0352. The van der Waals surface area contributed by atoms with Crippen LogP contribution in [0, 0.1) is 11.8 Å². The van der Waals surface area contributed by atoms with Gasteiger partial charge in [0.25, 0.3) is 0 Å². The smallest absolute Gasteiger partial charge is 0.338 e. The van der Waals surface area contributed by atoms with Crippen LogP contribution in [0.1, 0.15) is 74.6 Å². The number of ether oxygens (including phenoxy) is 1. The van der Waals surface area contributed by atoms with Crippen LogP contribution in [0.4, 0.5) is 0 Å². The van der Waals surface area contributed by atoms with E-state index >= 15 is 0 Å². The third kappa shape index (κ3) is 4.74. The number of rotatable bonds is 6.